The maximum Gasteiger partial charge on any atom is 0.252 e. The molecule has 40 heavy (non-hydrogen) atoms. The summed E-state index contributed by atoms with van der Waals surface area (Å²) in [5.41, 5.74) is 10.3. The largest absolute Gasteiger partial charge is 0.497 e. The summed E-state index contributed by atoms with van der Waals surface area (Å²) in [6.45, 7) is 0.660. The average molecular weight is 546 g/mol. The number of nitrogens with zero attached hydrogens (tertiary/aromatic N) is 4. The van der Waals surface area contributed by atoms with Gasteiger partial charge in [-0.15, -0.1) is 0 Å². The van der Waals surface area contributed by atoms with E-state index in [0.29, 0.717) is 53.0 Å². The number of carbonyl (C=O) groups excluding carboxylic acids is 1. The van der Waals surface area contributed by atoms with E-state index in [-0.39, 0.29) is 32.1 Å². The Balaban J connectivity index is 1.62. The third kappa shape index (κ3) is 6.82. The van der Waals surface area contributed by atoms with Crippen LogP contribution in [-0.4, -0.2) is 56.5 Å². The monoisotopic (exact) mass is 545 g/mol. The summed E-state index contributed by atoms with van der Waals surface area (Å²) in [4.78, 5) is 21.5. The van der Waals surface area contributed by atoms with Crippen LogP contribution in [0, 0.1) is 0 Å². The van der Waals surface area contributed by atoms with E-state index in [9.17, 15) is 4.79 Å². The van der Waals surface area contributed by atoms with Crippen molar-refractivity contribution in [2.75, 3.05) is 34.0 Å². The highest BCUT2D eigenvalue weighted by molar-refractivity contribution is 6.00. The van der Waals surface area contributed by atoms with E-state index in [1.54, 1.807) is 62.8 Å². The molecule has 3 aromatic rings. The van der Waals surface area contributed by atoms with Gasteiger partial charge in [0.25, 0.3) is 5.91 Å². The first-order valence-electron chi connectivity index (χ1n) is 12.7. The van der Waals surface area contributed by atoms with Gasteiger partial charge in [-0.1, -0.05) is 29.4 Å². The molecule has 2 N–H and O–H groups in total. The molecule has 1 aliphatic heterocycles. The van der Waals surface area contributed by atoms with Gasteiger partial charge in [0, 0.05) is 48.2 Å². The first kappa shape index (κ1) is 28.3. The van der Waals surface area contributed by atoms with Gasteiger partial charge < -0.3 is 29.4 Å². The SMILES string of the molecule is COc1cc(CNC(=O)[C@@]2(Cc3ccccc3N=[N+]=[N-])COC(c3ccc(OCCCO)cc3)=N2)cc(OC)c1. The van der Waals surface area contributed by atoms with Crippen molar-refractivity contribution >= 4 is 17.5 Å². The molecule has 0 spiro atoms. The molecule has 208 valence electrons. The van der Waals surface area contributed by atoms with Crippen LogP contribution >= 0.6 is 0 Å². The number of azide groups is 1. The van der Waals surface area contributed by atoms with Gasteiger partial charge in [0.1, 0.15) is 23.9 Å². The number of hydrogen-bond acceptors (Lipinski definition) is 8. The Morgan fingerprint density at radius 3 is 2.50 bits per heavy atom. The zero-order valence-electron chi connectivity index (χ0n) is 22.4. The van der Waals surface area contributed by atoms with Gasteiger partial charge in [-0.2, -0.15) is 0 Å². The fourth-order valence-corrected chi connectivity index (χ4v) is 4.27. The Labute approximate surface area is 232 Å². The van der Waals surface area contributed by atoms with E-state index in [1.165, 1.54) is 0 Å². The Hall–Kier alpha value is -4.73. The lowest BCUT2D eigenvalue weighted by atomic mass is 9.90. The highest BCUT2D eigenvalue weighted by atomic mass is 16.5. The summed E-state index contributed by atoms with van der Waals surface area (Å²) in [7, 11) is 3.13. The smallest absolute Gasteiger partial charge is 0.252 e. The van der Waals surface area contributed by atoms with E-state index >= 15 is 0 Å². The van der Waals surface area contributed by atoms with Gasteiger partial charge in [0.2, 0.25) is 5.90 Å². The fourth-order valence-electron chi connectivity index (χ4n) is 4.27. The first-order valence-corrected chi connectivity index (χ1v) is 12.7. The number of rotatable bonds is 13. The lowest BCUT2D eigenvalue weighted by molar-refractivity contribution is -0.126. The molecule has 3 aromatic carbocycles. The quantitative estimate of drug-likeness (QED) is 0.140. The number of carbonyl (C=O) groups is 1. The Bertz CT molecular complexity index is 1380. The van der Waals surface area contributed by atoms with Crippen molar-refractivity contribution in [1.82, 2.24) is 5.32 Å². The highest BCUT2D eigenvalue weighted by Gasteiger charge is 2.44. The van der Waals surface area contributed by atoms with E-state index in [4.69, 9.17) is 34.6 Å². The standard InChI is InChI=1S/C29H31N5O6/c1-37-24-14-20(15-25(16-24)38-2)18-31-28(36)29(17-22-6-3-4-7-26(22)33-34-30)19-40-27(32-29)21-8-10-23(11-9-21)39-13-5-12-35/h3-4,6-11,14-16,35H,5,12-13,17-19H2,1-2H3,(H,31,36)/t29-/m1/s1. The predicted octanol–water partition coefficient (Wildman–Crippen LogP) is 4.48. The molecule has 11 heteroatoms. The first-order chi connectivity index (χ1) is 19.5. The van der Waals surface area contributed by atoms with Crippen LogP contribution in [0.5, 0.6) is 17.2 Å². The number of ether oxygens (including phenoxy) is 4. The minimum atomic E-state index is -1.31. The van der Waals surface area contributed by atoms with Crippen LogP contribution in [0.15, 0.2) is 76.8 Å². The number of nitrogens with one attached hydrogen (secondary N) is 1. The molecule has 0 fully saturated rings. The van der Waals surface area contributed by atoms with Gasteiger partial charge in [0.05, 0.1) is 20.8 Å². The van der Waals surface area contributed by atoms with Crippen molar-refractivity contribution in [2.24, 2.45) is 10.1 Å². The van der Waals surface area contributed by atoms with Crippen LogP contribution in [0.25, 0.3) is 10.4 Å². The Morgan fingerprint density at radius 1 is 1.10 bits per heavy atom. The molecule has 0 aliphatic carbocycles. The molecule has 0 radical (unpaired) electrons. The topological polar surface area (TPSA) is 147 Å². The average Bonchev–Trinajstić information content (AvgIpc) is 3.42. The summed E-state index contributed by atoms with van der Waals surface area (Å²) >= 11 is 0. The van der Waals surface area contributed by atoms with Crippen LogP contribution in [0.4, 0.5) is 5.69 Å². The number of benzene rings is 3. The number of aliphatic hydroxyl groups is 1. The van der Waals surface area contributed by atoms with Crippen molar-refractivity contribution in [1.29, 1.82) is 0 Å². The molecule has 1 amide bonds. The molecular formula is C29H31N5O6. The van der Waals surface area contributed by atoms with Crippen molar-refractivity contribution in [2.45, 2.75) is 24.9 Å². The summed E-state index contributed by atoms with van der Waals surface area (Å²) in [6.07, 6.45) is 0.691. The van der Waals surface area contributed by atoms with Crippen LogP contribution in [0.3, 0.4) is 0 Å². The molecule has 4 rings (SSSR count). The van der Waals surface area contributed by atoms with Crippen molar-refractivity contribution < 1.29 is 28.8 Å². The number of amides is 1. The normalized spacial score (nSPS) is 15.8. The molecule has 0 unspecified atom stereocenters. The maximum atomic E-state index is 13.8. The minimum absolute atomic E-state index is 0.00501. The van der Waals surface area contributed by atoms with Gasteiger partial charge in [0.15, 0.2) is 5.54 Å². The molecule has 0 saturated carbocycles. The van der Waals surface area contributed by atoms with Crippen LogP contribution in [0.1, 0.15) is 23.1 Å². The fraction of sp³-hybridized carbons (Fsp3) is 0.310. The molecule has 0 bridgehead atoms. The van der Waals surface area contributed by atoms with Crippen molar-refractivity contribution in [3.8, 4) is 17.2 Å². The van der Waals surface area contributed by atoms with Crippen molar-refractivity contribution in [3.05, 3.63) is 93.9 Å². The molecule has 0 aromatic heterocycles. The predicted molar refractivity (Wildman–Crippen MR) is 149 cm³/mol. The molecule has 1 heterocycles. The second kappa shape index (κ2) is 13.4. The third-order valence-corrected chi connectivity index (χ3v) is 6.35. The summed E-state index contributed by atoms with van der Waals surface area (Å²) in [6, 6.07) is 19.6. The summed E-state index contributed by atoms with van der Waals surface area (Å²) < 4.78 is 22.3. The van der Waals surface area contributed by atoms with Gasteiger partial charge >= 0.3 is 0 Å². The van der Waals surface area contributed by atoms with E-state index in [1.807, 2.05) is 18.2 Å². The molecule has 0 saturated heterocycles. The van der Waals surface area contributed by atoms with Gasteiger partial charge in [-0.05, 0) is 53.1 Å². The summed E-state index contributed by atoms with van der Waals surface area (Å²) in [5.74, 6) is 1.84. The second-order valence-corrected chi connectivity index (χ2v) is 9.09. The van der Waals surface area contributed by atoms with Crippen LogP contribution in [0.2, 0.25) is 0 Å². The van der Waals surface area contributed by atoms with Gasteiger partial charge in [-0.25, -0.2) is 4.99 Å². The molecular weight excluding hydrogens is 514 g/mol. The van der Waals surface area contributed by atoms with E-state index in [2.05, 4.69) is 15.3 Å². The lowest BCUT2D eigenvalue weighted by Gasteiger charge is -2.24. The minimum Gasteiger partial charge on any atom is -0.497 e. The third-order valence-electron chi connectivity index (χ3n) is 6.35. The summed E-state index contributed by atoms with van der Waals surface area (Å²) in [5, 5.41) is 15.7. The highest BCUT2D eigenvalue weighted by Crippen LogP contribution is 2.31. The van der Waals surface area contributed by atoms with Crippen molar-refractivity contribution in [3.63, 3.8) is 0 Å². The van der Waals surface area contributed by atoms with E-state index in [0.717, 1.165) is 5.56 Å². The molecule has 11 nitrogen and oxygen atoms in total. The molecule has 1 atom stereocenters. The number of methoxy groups -OCH3 is 2. The maximum absolute atomic E-state index is 13.8. The number of hydrogen-bond donors (Lipinski definition) is 2. The zero-order chi connectivity index (χ0) is 28.4. The Morgan fingerprint density at radius 2 is 1.82 bits per heavy atom. The van der Waals surface area contributed by atoms with Crippen LogP contribution < -0.4 is 19.5 Å². The molecule has 1 aliphatic rings. The van der Waals surface area contributed by atoms with E-state index < -0.39 is 5.54 Å². The second-order valence-electron chi connectivity index (χ2n) is 9.09. The number of aliphatic hydroxyl groups excluding tert-OH is 1. The zero-order valence-corrected chi connectivity index (χ0v) is 22.4. The van der Waals surface area contributed by atoms with Gasteiger partial charge in [-0.3, -0.25) is 4.79 Å². The van der Waals surface area contributed by atoms with Crippen LogP contribution in [-0.2, 0) is 22.5 Å². The number of aliphatic imine (C=N–C) groups is 1. The lowest BCUT2D eigenvalue weighted by Crippen LogP contribution is -2.48. The Kier molecular flexibility index (Phi) is 9.45.